The van der Waals surface area contributed by atoms with Gasteiger partial charge in [0.1, 0.15) is 12.4 Å². The van der Waals surface area contributed by atoms with Gasteiger partial charge < -0.3 is 14.4 Å². The highest BCUT2D eigenvalue weighted by Crippen LogP contribution is 2.27. The van der Waals surface area contributed by atoms with Crippen LogP contribution in [-0.4, -0.2) is 75.6 Å². The van der Waals surface area contributed by atoms with Crippen LogP contribution in [0.2, 0.25) is 0 Å². The molecular weight excluding hydrogens is 375 g/mol. The second kappa shape index (κ2) is 8.64. The molecule has 9 heteroatoms. The number of ether oxygens (including phenoxy) is 2. The third kappa shape index (κ3) is 4.48. The van der Waals surface area contributed by atoms with Crippen LogP contribution in [-0.2, 0) is 24.3 Å². The molecule has 1 atom stereocenters. The van der Waals surface area contributed by atoms with E-state index in [9.17, 15) is 17.6 Å². The minimum Gasteiger partial charge on any atom is -0.381 e. The van der Waals surface area contributed by atoms with Crippen LogP contribution in [0.1, 0.15) is 19.3 Å². The fraction of sp³-hybridized carbons (Fsp3) is 0.611. The lowest BCUT2D eigenvalue weighted by molar-refractivity contribution is -0.142. The maximum atomic E-state index is 13.1. The van der Waals surface area contributed by atoms with Crippen molar-refractivity contribution in [1.82, 2.24) is 9.21 Å². The third-order valence-electron chi connectivity index (χ3n) is 5.11. The minimum absolute atomic E-state index is 0.0277. The third-order valence-corrected chi connectivity index (χ3v) is 6.99. The highest BCUT2D eigenvalue weighted by atomic mass is 32.2. The average molecular weight is 400 g/mol. The van der Waals surface area contributed by atoms with Crippen LogP contribution in [0.3, 0.4) is 0 Å². The van der Waals surface area contributed by atoms with Crippen molar-refractivity contribution in [3.8, 4) is 0 Å². The number of methoxy groups -OCH3 is 1. The molecule has 3 rings (SSSR count). The average Bonchev–Trinajstić information content (AvgIpc) is 3.14. The molecule has 1 unspecified atom stereocenters. The van der Waals surface area contributed by atoms with E-state index in [4.69, 9.17) is 9.47 Å². The van der Waals surface area contributed by atoms with Gasteiger partial charge in [0, 0.05) is 45.5 Å². The molecule has 1 aromatic carbocycles. The number of halogens is 1. The van der Waals surface area contributed by atoms with Crippen molar-refractivity contribution in [2.24, 2.45) is 0 Å². The van der Waals surface area contributed by atoms with Crippen LogP contribution in [0, 0.1) is 5.82 Å². The summed E-state index contributed by atoms with van der Waals surface area (Å²) in [6.07, 6.45) is 2.03. The molecule has 1 aromatic rings. The lowest BCUT2D eigenvalue weighted by Crippen LogP contribution is -2.51. The molecule has 0 saturated carbocycles. The van der Waals surface area contributed by atoms with Crippen LogP contribution in [0.15, 0.2) is 29.2 Å². The predicted molar refractivity (Wildman–Crippen MR) is 96.1 cm³/mol. The lowest BCUT2D eigenvalue weighted by atomic mass is 10.0. The number of nitrogens with zero attached hydrogens (tertiary/aromatic N) is 2. The van der Waals surface area contributed by atoms with Crippen LogP contribution in [0.4, 0.5) is 4.39 Å². The number of amides is 1. The Morgan fingerprint density at radius 2 is 1.89 bits per heavy atom. The molecule has 2 aliphatic rings. The van der Waals surface area contributed by atoms with Gasteiger partial charge in [0.15, 0.2) is 0 Å². The summed E-state index contributed by atoms with van der Waals surface area (Å²) in [4.78, 5) is 14.5. The van der Waals surface area contributed by atoms with E-state index in [2.05, 4.69) is 0 Å². The van der Waals surface area contributed by atoms with Gasteiger partial charge in [0.25, 0.3) is 0 Å². The Morgan fingerprint density at radius 1 is 1.22 bits per heavy atom. The molecule has 0 spiro atoms. The Kier molecular flexibility index (Phi) is 6.46. The molecule has 1 amide bonds. The molecule has 0 radical (unpaired) electrons. The Hall–Kier alpha value is -1.55. The summed E-state index contributed by atoms with van der Waals surface area (Å²) in [7, 11) is -2.25. The van der Waals surface area contributed by atoms with Crippen LogP contribution in [0.25, 0.3) is 0 Å². The molecule has 2 heterocycles. The number of carbonyl (C=O) groups is 1. The maximum absolute atomic E-state index is 13.1. The normalized spacial score (nSPS) is 22.1. The quantitative estimate of drug-likeness (QED) is 0.718. The van der Waals surface area contributed by atoms with Gasteiger partial charge in [-0.2, -0.15) is 4.31 Å². The zero-order chi connectivity index (χ0) is 19.4. The molecule has 27 heavy (non-hydrogen) atoms. The van der Waals surface area contributed by atoms with Crippen molar-refractivity contribution in [3.63, 3.8) is 0 Å². The summed E-state index contributed by atoms with van der Waals surface area (Å²) in [6.45, 7) is 1.70. The van der Waals surface area contributed by atoms with Crippen molar-refractivity contribution < 1.29 is 27.1 Å². The van der Waals surface area contributed by atoms with Crippen molar-refractivity contribution in [2.45, 2.75) is 36.2 Å². The summed E-state index contributed by atoms with van der Waals surface area (Å²) < 4.78 is 50.6. The van der Waals surface area contributed by atoms with E-state index in [0.717, 1.165) is 25.0 Å². The van der Waals surface area contributed by atoms with Crippen LogP contribution < -0.4 is 0 Å². The standard InChI is InChI=1S/C18H25FN2O5S/c1-25-13-18(22)21(15-7-10-26-11-8-15)16-6-9-20(12-16)27(23,24)17-4-2-14(19)3-5-17/h2-5,15-16H,6-13H2,1H3. The largest absolute Gasteiger partial charge is 0.381 e. The van der Waals surface area contributed by atoms with E-state index in [-0.39, 0.29) is 36.0 Å². The summed E-state index contributed by atoms with van der Waals surface area (Å²) >= 11 is 0. The topological polar surface area (TPSA) is 76.2 Å². The summed E-state index contributed by atoms with van der Waals surface area (Å²) in [6, 6.07) is 4.63. The molecule has 150 valence electrons. The van der Waals surface area contributed by atoms with Crippen molar-refractivity contribution in [2.75, 3.05) is 40.0 Å². The van der Waals surface area contributed by atoms with Gasteiger partial charge in [0.05, 0.1) is 4.90 Å². The van der Waals surface area contributed by atoms with Crippen LogP contribution >= 0.6 is 0 Å². The smallest absolute Gasteiger partial charge is 0.249 e. The molecule has 2 aliphatic heterocycles. The molecule has 7 nitrogen and oxygen atoms in total. The molecule has 0 aliphatic carbocycles. The zero-order valence-electron chi connectivity index (χ0n) is 15.3. The van der Waals surface area contributed by atoms with E-state index < -0.39 is 15.8 Å². The fourth-order valence-electron chi connectivity index (χ4n) is 3.78. The van der Waals surface area contributed by atoms with E-state index in [0.29, 0.717) is 26.2 Å². The predicted octanol–water partition coefficient (Wildman–Crippen LogP) is 1.24. The first-order valence-electron chi connectivity index (χ1n) is 9.07. The van der Waals surface area contributed by atoms with E-state index in [1.807, 2.05) is 0 Å². The first kappa shape index (κ1) is 20.2. The van der Waals surface area contributed by atoms with E-state index >= 15 is 0 Å². The number of rotatable bonds is 6. The molecule has 2 saturated heterocycles. The number of hydrogen-bond donors (Lipinski definition) is 0. The highest BCUT2D eigenvalue weighted by molar-refractivity contribution is 7.89. The van der Waals surface area contributed by atoms with Gasteiger partial charge >= 0.3 is 0 Å². The molecule has 0 aromatic heterocycles. The Balaban J connectivity index is 1.76. The first-order chi connectivity index (χ1) is 12.9. The maximum Gasteiger partial charge on any atom is 0.249 e. The number of carbonyl (C=O) groups excluding carboxylic acids is 1. The van der Waals surface area contributed by atoms with Crippen molar-refractivity contribution >= 4 is 15.9 Å². The van der Waals surface area contributed by atoms with Gasteiger partial charge in [-0.25, -0.2) is 12.8 Å². The van der Waals surface area contributed by atoms with Gasteiger partial charge in [0.2, 0.25) is 15.9 Å². The zero-order valence-corrected chi connectivity index (χ0v) is 16.2. The second-order valence-electron chi connectivity index (χ2n) is 6.84. The number of sulfonamides is 1. The monoisotopic (exact) mass is 400 g/mol. The second-order valence-corrected chi connectivity index (χ2v) is 8.77. The summed E-state index contributed by atoms with van der Waals surface area (Å²) in [5.41, 5.74) is 0. The summed E-state index contributed by atoms with van der Waals surface area (Å²) in [5.74, 6) is -0.612. The Bertz CT molecular complexity index is 750. The van der Waals surface area contributed by atoms with Gasteiger partial charge in [-0.1, -0.05) is 0 Å². The van der Waals surface area contributed by atoms with E-state index in [1.165, 1.54) is 23.5 Å². The molecule has 0 bridgehead atoms. The van der Waals surface area contributed by atoms with Gasteiger partial charge in [-0.15, -0.1) is 0 Å². The first-order valence-corrected chi connectivity index (χ1v) is 10.5. The highest BCUT2D eigenvalue weighted by Gasteiger charge is 2.39. The molecule has 2 fully saturated rings. The van der Waals surface area contributed by atoms with Crippen LogP contribution in [0.5, 0.6) is 0 Å². The van der Waals surface area contributed by atoms with Gasteiger partial charge in [-0.05, 0) is 43.5 Å². The lowest BCUT2D eigenvalue weighted by Gasteiger charge is -2.38. The number of benzene rings is 1. The molecule has 0 N–H and O–H groups in total. The SMILES string of the molecule is COCC(=O)N(C1CCOCC1)C1CCN(S(=O)(=O)c2ccc(F)cc2)C1. The fourth-order valence-corrected chi connectivity index (χ4v) is 5.27. The number of hydrogen-bond acceptors (Lipinski definition) is 5. The molecular formula is C18H25FN2O5S. The Morgan fingerprint density at radius 3 is 2.52 bits per heavy atom. The Labute approximate surface area is 159 Å². The summed E-state index contributed by atoms with van der Waals surface area (Å²) in [5, 5.41) is 0. The van der Waals surface area contributed by atoms with E-state index in [1.54, 1.807) is 4.90 Å². The van der Waals surface area contributed by atoms with Crippen molar-refractivity contribution in [3.05, 3.63) is 30.1 Å². The van der Waals surface area contributed by atoms with Gasteiger partial charge in [-0.3, -0.25) is 4.79 Å². The van der Waals surface area contributed by atoms with Crippen molar-refractivity contribution in [1.29, 1.82) is 0 Å². The minimum atomic E-state index is -3.72.